The maximum absolute atomic E-state index is 14.3. The van der Waals surface area contributed by atoms with Gasteiger partial charge in [-0.05, 0) is 47.9 Å². The van der Waals surface area contributed by atoms with Crippen LogP contribution in [0.4, 0.5) is 8.78 Å². The van der Waals surface area contributed by atoms with Gasteiger partial charge in [0.2, 0.25) is 5.91 Å². The quantitative estimate of drug-likeness (QED) is 0.318. The summed E-state index contributed by atoms with van der Waals surface area (Å²) in [6, 6.07) is 19.6. The Morgan fingerprint density at radius 3 is 2.38 bits per heavy atom. The number of methoxy groups -OCH3 is 1. The van der Waals surface area contributed by atoms with Crippen molar-refractivity contribution in [2.45, 2.75) is 13.0 Å². The van der Waals surface area contributed by atoms with Crippen molar-refractivity contribution in [2.24, 2.45) is 0 Å². The zero-order valence-corrected chi connectivity index (χ0v) is 20.6. The van der Waals surface area contributed by atoms with E-state index in [0.717, 1.165) is 22.0 Å². The second kappa shape index (κ2) is 12.3. The predicted octanol–water partition coefficient (Wildman–Crippen LogP) is 4.81. The minimum Gasteiger partial charge on any atom is -0.383 e. The summed E-state index contributed by atoms with van der Waals surface area (Å²) in [6.45, 7) is 0.701. The first kappa shape index (κ1) is 26.0. The average molecular weight is 506 g/mol. The van der Waals surface area contributed by atoms with Crippen LogP contribution >= 0.6 is 0 Å². The van der Waals surface area contributed by atoms with Crippen molar-refractivity contribution in [1.29, 1.82) is 0 Å². The highest BCUT2D eigenvalue weighted by Gasteiger charge is 2.24. The largest absolute Gasteiger partial charge is 0.383 e. The molecule has 3 aromatic carbocycles. The molecule has 0 atom stereocenters. The summed E-state index contributed by atoms with van der Waals surface area (Å²) < 4.78 is 32.9. The van der Waals surface area contributed by atoms with E-state index in [1.165, 1.54) is 42.3 Å². The highest BCUT2D eigenvalue weighted by atomic mass is 19.1. The zero-order valence-electron chi connectivity index (χ0n) is 20.6. The number of para-hydroxylation sites is 1. The molecule has 0 unspecified atom stereocenters. The van der Waals surface area contributed by atoms with Crippen molar-refractivity contribution >= 4 is 22.7 Å². The van der Waals surface area contributed by atoms with Crippen LogP contribution in [-0.4, -0.2) is 59.9 Å². The van der Waals surface area contributed by atoms with Crippen molar-refractivity contribution < 1.29 is 23.1 Å². The molecule has 8 heteroatoms. The number of hydrogen-bond acceptors (Lipinski definition) is 3. The van der Waals surface area contributed by atoms with Gasteiger partial charge in [-0.3, -0.25) is 9.59 Å². The molecular formula is C29H29F2N3O3. The van der Waals surface area contributed by atoms with Gasteiger partial charge in [-0.2, -0.15) is 0 Å². The number of aromatic nitrogens is 1. The van der Waals surface area contributed by atoms with Crippen LogP contribution in [0.15, 0.2) is 79.0 Å². The van der Waals surface area contributed by atoms with Crippen LogP contribution in [0.2, 0.25) is 0 Å². The lowest BCUT2D eigenvalue weighted by atomic mass is 10.1. The van der Waals surface area contributed by atoms with E-state index in [2.05, 4.69) is 4.98 Å². The van der Waals surface area contributed by atoms with Crippen molar-refractivity contribution in [3.8, 4) is 0 Å². The molecule has 0 aliphatic carbocycles. The van der Waals surface area contributed by atoms with Crippen molar-refractivity contribution in [2.75, 3.05) is 33.4 Å². The minimum absolute atomic E-state index is 0.102. The molecule has 0 fully saturated rings. The monoisotopic (exact) mass is 505 g/mol. The smallest absolute Gasteiger partial charge is 0.257 e. The molecule has 0 radical (unpaired) electrons. The van der Waals surface area contributed by atoms with Crippen LogP contribution in [0.1, 0.15) is 21.5 Å². The lowest BCUT2D eigenvalue weighted by Crippen LogP contribution is -2.44. The van der Waals surface area contributed by atoms with Gasteiger partial charge in [0.1, 0.15) is 18.2 Å². The molecule has 0 bridgehead atoms. The molecule has 0 spiro atoms. The molecule has 0 saturated heterocycles. The SMILES string of the molecule is COCCN(CC(=O)N(CCc1c[nH]c2ccccc12)Cc1ccc(F)cc1)C(=O)c1ccccc1F. The van der Waals surface area contributed by atoms with Crippen LogP contribution in [-0.2, 0) is 22.5 Å². The van der Waals surface area contributed by atoms with E-state index in [1.807, 2.05) is 30.5 Å². The number of nitrogens with zero attached hydrogens (tertiary/aromatic N) is 2. The van der Waals surface area contributed by atoms with Gasteiger partial charge in [0, 0.05) is 43.8 Å². The van der Waals surface area contributed by atoms with Gasteiger partial charge < -0.3 is 19.5 Å². The summed E-state index contributed by atoms with van der Waals surface area (Å²) in [5, 5.41) is 1.08. The number of fused-ring (bicyclic) bond motifs is 1. The Hall–Kier alpha value is -4.04. The summed E-state index contributed by atoms with van der Waals surface area (Å²) in [7, 11) is 1.50. The predicted molar refractivity (Wildman–Crippen MR) is 138 cm³/mol. The van der Waals surface area contributed by atoms with Crippen LogP contribution in [0, 0.1) is 11.6 Å². The number of amides is 2. The first-order chi connectivity index (χ1) is 18.0. The molecule has 2 amide bonds. The molecule has 1 heterocycles. The number of halogens is 2. The molecule has 1 aromatic heterocycles. The van der Waals surface area contributed by atoms with Crippen molar-refractivity contribution in [3.63, 3.8) is 0 Å². The Labute approximate surface area is 214 Å². The Kier molecular flexibility index (Phi) is 8.64. The first-order valence-corrected chi connectivity index (χ1v) is 12.1. The molecule has 192 valence electrons. The second-order valence-electron chi connectivity index (χ2n) is 8.75. The van der Waals surface area contributed by atoms with Gasteiger partial charge in [-0.15, -0.1) is 0 Å². The molecule has 1 N–H and O–H groups in total. The standard InChI is InChI=1S/C29H29F2N3O3/c1-37-17-16-34(29(36)25-7-2-4-8-26(25)31)20-28(35)33(19-21-10-12-23(30)13-11-21)15-14-22-18-32-27-9-5-3-6-24(22)27/h2-13,18,32H,14-17,19-20H2,1H3. The average Bonchev–Trinajstić information content (AvgIpc) is 3.33. The molecule has 0 aliphatic rings. The fourth-order valence-corrected chi connectivity index (χ4v) is 4.22. The van der Waals surface area contributed by atoms with E-state index < -0.39 is 11.7 Å². The van der Waals surface area contributed by atoms with E-state index in [9.17, 15) is 18.4 Å². The Balaban J connectivity index is 1.55. The summed E-state index contributed by atoms with van der Waals surface area (Å²) in [5.74, 6) is -1.89. The van der Waals surface area contributed by atoms with E-state index in [-0.39, 0.29) is 43.5 Å². The number of H-pyrrole nitrogens is 1. The van der Waals surface area contributed by atoms with Gasteiger partial charge in [-0.1, -0.05) is 42.5 Å². The van der Waals surface area contributed by atoms with Gasteiger partial charge in [-0.25, -0.2) is 8.78 Å². The zero-order chi connectivity index (χ0) is 26.2. The maximum Gasteiger partial charge on any atom is 0.257 e. The molecule has 4 rings (SSSR count). The Bertz CT molecular complexity index is 1350. The number of hydrogen-bond donors (Lipinski definition) is 1. The fourth-order valence-electron chi connectivity index (χ4n) is 4.22. The number of aromatic amines is 1. The van der Waals surface area contributed by atoms with Crippen molar-refractivity contribution in [1.82, 2.24) is 14.8 Å². The maximum atomic E-state index is 14.3. The molecule has 0 saturated carbocycles. The van der Waals surface area contributed by atoms with Crippen LogP contribution in [0.5, 0.6) is 0 Å². The third kappa shape index (κ3) is 6.59. The normalized spacial score (nSPS) is 11.0. The lowest BCUT2D eigenvalue weighted by Gasteiger charge is -2.28. The number of carbonyl (C=O) groups is 2. The van der Waals surface area contributed by atoms with E-state index in [4.69, 9.17) is 4.74 Å². The summed E-state index contributed by atoms with van der Waals surface area (Å²) in [4.78, 5) is 32.9. The Morgan fingerprint density at radius 1 is 0.892 bits per heavy atom. The number of rotatable bonds is 11. The highest BCUT2D eigenvalue weighted by molar-refractivity contribution is 5.96. The van der Waals surface area contributed by atoms with E-state index in [1.54, 1.807) is 23.1 Å². The lowest BCUT2D eigenvalue weighted by molar-refractivity contribution is -0.132. The number of nitrogens with one attached hydrogen (secondary N) is 1. The van der Waals surface area contributed by atoms with Crippen LogP contribution in [0.25, 0.3) is 10.9 Å². The molecular weight excluding hydrogens is 476 g/mol. The summed E-state index contributed by atoms with van der Waals surface area (Å²) in [5.41, 5.74) is 2.73. The number of benzene rings is 3. The minimum atomic E-state index is -0.648. The first-order valence-electron chi connectivity index (χ1n) is 12.1. The van der Waals surface area contributed by atoms with E-state index in [0.29, 0.717) is 13.0 Å². The van der Waals surface area contributed by atoms with Crippen LogP contribution < -0.4 is 0 Å². The van der Waals surface area contributed by atoms with Crippen LogP contribution in [0.3, 0.4) is 0 Å². The molecule has 37 heavy (non-hydrogen) atoms. The number of carbonyl (C=O) groups excluding carboxylic acids is 2. The molecule has 6 nitrogen and oxygen atoms in total. The van der Waals surface area contributed by atoms with Gasteiger partial charge >= 0.3 is 0 Å². The Morgan fingerprint density at radius 2 is 1.62 bits per heavy atom. The number of ether oxygens (including phenoxy) is 1. The fraction of sp³-hybridized carbons (Fsp3) is 0.241. The summed E-state index contributed by atoms with van der Waals surface area (Å²) in [6.07, 6.45) is 2.51. The highest BCUT2D eigenvalue weighted by Crippen LogP contribution is 2.19. The third-order valence-electron chi connectivity index (χ3n) is 6.25. The third-order valence-corrected chi connectivity index (χ3v) is 6.25. The molecule has 4 aromatic rings. The van der Waals surface area contributed by atoms with Gasteiger partial charge in [0.05, 0.1) is 12.2 Å². The van der Waals surface area contributed by atoms with E-state index >= 15 is 0 Å². The second-order valence-corrected chi connectivity index (χ2v) is 8.75. The topological polar surface area (TPSA) is 65.6 Å². The van der Waals surface area contributed by atoms with Crippen molar-refractivity contribution in [3.05, 3.63) is 107 Å². The van der Waals surface area contributed by atoms with Gasteiger partial charge in [0.15, 0.2) is 0 Å². The van der Waals surface area contributed by atoms with Gasteiger partial charge in [0.25, 0.3) is 5.91 Å². The summed E-state index contributed by atoms with van der Waals surface area (Å²) >= 11 is 0. The molecule has 0 aliphatic heterocycles.